The van der Waals surface area contributed by atoms with E-state index in [0.29, 0.717) is 6.92 Å². The van der Waals surface area contributed by atoms with Gasteiger partial charge in [0.2, 0.25) is 0 Å². The minimum atomic E-state index is -4.65. The predicted octanol–water partition coefficient (Wildman–Crippen LogP) is -0.843. The lowest BCUT2D eigenvalue weighted by Gasteiger charge is -2.13. The fraction of sp³-hybridized carbons (Fsp3) is 0.571. The molecule has 0 radical (unpaired) electrons. The molecule has 0 saturated carbocycles. The van der Waals surface area contributed by atoms with Crippen molar-refractivity contribution in [2.24, 2.45) is 5.92 Å². The molecule has 0 aliphatic rings. The molecule has 0 spiro atoms. The standard InChI is InChI=1S/C7H8BF3O7/c1-3(7(9,10)11)2-4(12)17-5(13)6(14)18-8(15)16/h3,15-16H,2H2,1H3. The van der Waals surface area contributed by atoms with Crippen molar-refractivity contribution >= 4 is 25.2 Å². The van der Waals surface area contributed by atoms with Crippen LogP contribution in [0.15, 0.2) is 0 Å². The number of hydrogen-bond donors (Lipinski definition) is 2. The van der Waals surface area contributed by atoms with Crippen LogP contribution in [0.4, 0.5) is 13.2 Å². The molecule has 0 aromatic heterocycles. The molecule has 0 bridgehead atoms. The number of ether oxygens (including phenoxy) is 1. The Balaban J connectivity index is 4.25. The maximum atomic E-state index is 12.0. The average Bonchev–Trinajstić information content (AvgIpc) is 2.14. The second kappa shape index (κ2) is 6.35. The number of rotatable bonds is 3. The van der Waals surface area contributed by atoms with Gasteiger partial charge in [-0.25, -0.2) is 9.59 Å². The van der Waals surface area contributed by atoms with Crippen LogP contribution in [0.25, 0.3) is 0 Å². The summed E-state index contributed by atoms with van der Waals surface area (Å²) in [5.74, 6) is -7.51. The smallest absolute Gasteiger partial charge is 0.476 e. The van der Waals surface area contributed by atoms with E-state index in [-0.39, 0.29) is 0 Å². The highest BCUT2D eigenvalue weighted by Gasteiger charge is 2.38. The van der Waals surface area contributed by atoms with Crippen LogP contribution in [-0.2, 0) is 23.8 Å². The van der Waals surface area contributed by atoms with Crippen molar-refractivity contribution in [3.8, 4) is 0 Å². The summed E-state index contributed by atoms with van der Waals surface area (Å²) >= 11 is 0. The van der Waals surface area contributed by atoms with Crippen molar-refractivity contribution in [3.05, 3.63) is 0 Å². The van der Waals surface area contributed by atoms with Crippen molar-refractivity contribution in [3.63, 3.8) is 0 Å². The summed E-state index contributed by atoms with van der Waals surface area (Å²) in [6, 6.07) is 0. The molecule has 18 heavy (non-hydrogen) atoms. The van der Waals surface area contributed by atoms with Gasteiger partial charge < -0.3 is 19.4 Å². The molecule has 0 rings (SSSR count). The molecule has 102 valence electrons. The molecule has 2 N–H and O–H groups in total. The number of halogens is 3. The lowest BCUT2D eigenvalue weighted by molar-refractivity contribution is -0.184. The van der Waals surface area contributed by atoms with Crippen LogP contribution >= 0.6 is 0 Å². The molecule has 0 aromatic rings. The molecular formula is C7H8BF3O7. The minimum absolute atomic E-state index is 0.682. The Morgan fingerprint density at radius 3 is 2.11 bits per heavy atom. The van der Waals surface area contributed by atoms with Gasteiger partial charge in [-0.3, -0.25) is 4.79 Å². The van der Waals surface area contributed by atoms with E-state index >= 15 is 0 Å². The fourth-order valence-electron chi connectivity index (χ4n) is 0.696. The number of carbonyl (C=O) groups excluding carboxylic acids is 3. The van der Waals surface area contributed by atoms with Gasteiger partial charge >= 0.3 is 31.4 Å². The topological polar surface area (TPSA) is 110 Å². The van der Waals surface area contributed by atoms with Gasteiger partial charge in [-0.05, 0) is 0 Å². The highest BCUT2D eigenvalue weighted by molar-refractivity contribution is 6.43. The van der Waals surface area contributed by atoms with E-state index in [0.717, 1.165) is 0 Å². The first-order valence-electron chi connectivity index (χ1n) is 4.42. The van der Waals surface area contributed by atoms with Crippen LogP contribution < -0.4 is 0 Å². The van der Waals surface area contributed by atoms with Gasteiger partial charge in [0, 0.05) is 0 Å². The normalized spacial score (nSPS) is 12.6. The van der Waals surface area contributed by atoms with Crippen LogP contribution in [0.1, 0.15) is 13.3 Å². The summed E-state index contributed by atoms with van der Waals surface area (Å²) in [5.41, 5.74) is 0. The van der Waals surface area contributed by atoms with Crippen LogP contribution in [0, 0.1) is 5.92 Å². The van der Waals surface area contributed by atoms with Gasteiger partial charge in [0.25, 0.3) is 0 Å². The summed E-state index contributed by atoms with van der Waals surface area (Å²) in [5, 5.41) is 16.3. The quantitative estimate of drug-likeness (QED) is 0.298. The Kier molecular flexibility index (Phi) is 5.78. The summed E-state index contributed by atoms with van der Waals surface area (Å²) in [6.07, 6.45) is -5.81. The lowest BCUT2D eigenvalue weighted by atomic mass is 10.1. The third-order valence-corrected chi connectivity index (χ3v) is 1.62. The highest BCUT2D eigenvalue weighted by atomic mass is 19.4. The largest absolute Gasteiger partial charge is 0.709 e. The van der Waals surface area contributed by atoms with Crippen LogP contribution in [0.3, 0.4) is 0 Å². The fourth-order valence-corrected chi connectivity index (χ4v) is 0.696. The monoisotopic (exact) mass is 272 g/mol. The van der Waals surface area contributed by atoms with Crippen molar-refractivity contribution in [2.75, 3.05) is 0 Å². The third kappa shape index (κ3) is 6.20. The summed E-state index contributed by atoms with van der Waals surface area (Å²) in [7, 11) is -2.60. The zero-order valence-corrected chi connectivity index (χ0v) is 8.93. The van der Waals surface area contributed by atoms with E-state index < -0.39 is 43.7 Å². The second-order valence-electron chi connectivity index (χ2n) is 3.14. The molecule has 0 saturated heterocycles. The third-order valence-electron chi connectivity index (χ3n) is 1.62. The molecule has 0 amide bonds. The molecule has 0 aliphatic heterocycles. The molecule has 11 heteroatoms. The molecule has 0 aromatic carbocycles. The minimum Gasteiger partial charge on any atom is -0.476 e. The first kappa shape index (κ1) is 16.4. The van der Waals surface area contributed by atoms with Gasteiger partial charge in [-0.1, -0.05) is 6.92 Å². The van der Waals surface area contributed by atoms with E-state index in [9.17, 15) is 27.6 Å². The van der Waals surface area contributed by atoms with Crippen molar-refractivity contribution in [2.45, 2.75) is 19.5 Å². The van der Waals surface area contributed by atoms with Gasteiger partial charge in [0.1, 0.15) is 0 Å². The first-order chi connectivity index (χ1) is 8.04. The molecule has 0 fully saturated rings. The van der Waals surface area contributed by atoms with E-state index in [2.05, 4.69) is 9.39 Å². The predicted molar refractivity (Wildman–Crippen MR) is 47.2 cm³/mol. The molecule has 1 atom stereocenters. The van der Waals surface area contributed by atoms with E-state index in [1.165, 1.54) is 0 Å². The van der Waals surface area contributed by atoms with E-state index in [4.69, 9.17) is 10.0 Å². The molecule has 1 unspecified atom stereocenters. The molecular weight excluding hydrogens is 264 g/mol. The zero-order valence-electron chi connectivity index (χ0n) is 8.93. The van der Waals surface area contributed by atoms with Gasteiger partial charge in [-0.15, -0.1) is 0 Å². The number of alkyl halides is 3. The number of carbonyl (C=O) groups is 3. The van der Waals surface area contributed by atoms with Crippen LogP contribution in [-0.4, -0.2) is 41.5 Å². The van der Waals surface area contributed by atoms with Crippen LogP contribution in [0.2, 0.25) is 0 Å². The first-order valence-corrected chi connectivity index (χ1v) is 4.42. The SMILES string of the molecule is CC(CC(=O)OC(=O)C(=O)OB(O)O)C(F)(F)F. The Morgan fingerprint density at radius 1 is 1.22 bits per heavy atom. The van der Waals surface area contributed by atoms with Gasteiger partial charge in [-0.2, -0.15) is 13.2 Å². The Morgan fingerprint density at radius 2 is 1.72 bits per heavy atom. The number of esters is 2. The van der Waals surface area contributed by atoms with Crippen molar-refractivity contribution in [1.29, 1.82) is 0 Å². The number of hydrogen-bond acceptors (Lipinski definition) is 7. The molecule has 0 heterocycles. The Bertz CT molecular complexity index is 340. The van der Waals surface area contributed by atoms with Crippen LogP contribution in [0.5, 0.6) is 0 Å². The second-order valence-corrected chi connectivity index (χ2v) is 3.14. The zero-order chi connectivity index (χ0) is 14.5. The Hall–Kier alpha value is -1.62. The molecule has 7 nitrogen and oxygen atoms in total. The maximum absolute atomic E-state index is 12.0. The average molecular weight is 272 g/mol. The summed E-state index contributed by atoms with van der Waals surface area (Å²) in [4.78, 5) is 32.1. The maximum Gasteiger partial charge on any atom is 0.709 e. The van der Waals surface area contributed by atoms with Crippen molar-refractivity contribution < 1.29 is 47.0 Å². The van der Waals surface area contributed by atoms with Crippen molar-refractivity contribution in [1.82, 2.24) is 0 Å². The lowest BCUT2D eigenvalue weighted by Crippen LogP contribution is -2.31. The van der Waals surface area contributed by atoms with Gasteiger partial charge in [0.05, 0.1) is 12.3 Å². The summed E-state index contributed by atoms with van der Waals surface area (Å²) in [6.45, 7) is 0.682. The highest BCUT2D eigenvalue weighted by Crippen LogP contribution is 2.28. The summed E-state index contributed by atoms with van der Waals surface area (Å²) < 4.78 is 43.3. The van der Waals surface area contributed by atoms with E-state index in [1.54, 1.807) is 0 Å². The van der Waals surface area contributed by atoms with Gasteiger partial charge in [0.15, 0.2) is 0 Å². The Labute approximate surface area is 98.7 Å². The molecule has 0 aliphatic carbocycles. The van der Waals surface area contributed by atoms with E-state index in [1.807, 2.05) is 0 Å².